The Bertz CT molecular complexity index is 554. The number of aryl methyl sites for hydroxylation is 2. The number of rotatable bonds is 1. The topological polar surface area (TPSA) is 62.8 Å². The van der Waals surface area contributed by atoms with Gasteiger partial charge in [-0.25, -0.2) is 4.98 Å². The molecule has 0 unspecified atom stereocenters. The van der Waals surface area contributed by atoms with Crippen LogP contribution in [0, 0.1) is 6.92 Å². The Labute approximate surface area is 112 Å². The standard InChI is InChI=1S/C9H11N3.C5H9NO/c1-3-7-4-8-9(6(2)12-7)11-5-10-8;1-2-6-5(1)3-7-4-5/h4-5H,3H2,1-2H3,(H,10,11);6H,1-4H2. The molecule has 5 nitrogen and oxygen atoms in total. The lowest BCUT2D eigenvalue weighted by molar-refractivity contribution is -0.107. The van der Waals surface area contributed by atoms with Gasteiger partial charge >= 0.3 is 0 Å². The van der Waals surface area contributed by atoms with Gasteiger partial charge in [0.2, 0.25) is 0 Å². The molecule has 0 saturated carbocycles. The summed E-state index contributed by atoms with van der Waals surface area (Å²) in [6.45, 7) is 7.19. The molecule has 0 atom stereocenters. The fourth-order valence-corrected chi connectivity index (χ4v) is 2.42. The molecule has 0 radical (unpaired) electrons. The summed E-state index contributed by atoms with van der Waals surface area (Å²) in [6.07, 6.45) is 4.00. The van der Waals surface area contributed by atoms with E-state index in [1.807, 2.05) is 6.92 Å². The molecule has 102 valence electrons. The second-order valence-electron chi connectivity index (χ2n) is 5.30. The van der Waals surface area contributed by atoms with Gasteiger partial charge in [-0.1, -0.05) is 6.92 Å². The first kappa shape index (κ1) is 12.6. The van der Waals surface area contributed by atoms with Crippen molar-refractivity contribution in [3.8, 4) is 0 Å². The van der Waals surface area contributed by atoms with Gasteiger partial charge in [-0.05, 0) is 32.4 Å². The van der Waals surface area contributed by atoms with Crippen molar-refractivity contribution >= 4 is 11.0 Å². The van der Waals surface area contributed by atoms with E-state index in [2.05, 4.69) is 33.3 Å². The van der Waals surface area contributed by atoms with Crippen LogP contribution in [-0.2, 0) is 11.2 Å². The van der Waals surface area contributed by atoms with Gasteiger partial charge in [-0.3, -0.25) is 4.98 Å². The van der Waals surface area contributed by atoms with E-state index in [0.717, 1.165) is 42.1 Å². The van der Waals surface area contributed by atoms with Crippen molar-refractivity contribution in [2.75, 3.05) is 19.8 Å². The van der Waals surface area contributed by atoms with E-state index in [9.17, 15) is 0 Å². The van der Waals surface area contributed by atoms with E-state index >= 15 is 0 Å². The molecule has 0 aliphatic carbocycles. The minimum Gasteiger partial charge on any atom is -0.377 e. The van der Waals surface area contributed by atoms with Crippen LogP contribution < -0.4 is 5.32 Å². The summed E-state index contributed by atoms with van der Waals surface area (Å²) in [6, 6.07) is 2.05. The summed E-state index contributed by atoms with van der Waals surface area (Å²) >= 11 is 0. The zero-order chi connectivity index (χ0) is 13.3. The van der Waals surface area contributed by atoms with Crippen LogP contribution in [-0.4, -0.2) is 40.2 Å². The Balaban J connectivity index is 0.000000132. The number of pyridine rings is 1. The van der Waals surface area contributed by atoms with Gasteiger partial charge in [0.05, 0.1) is 36.3 Å². The predicted octanol–water partition coefficient (Wildman–Crippen LogP) is 1.58. The number of nitrogens with zero attached hydrogens (tertiary/aromatic N) is 2. The van der Waals surface area contributed by atoms with Crippen molar-refractivity contribution in [1.29, 1.82) is 0 Å². The number of hydrogen-bond donors (Lipinski definition) is 2. The van der Waals surface area contributed by atoms with Gasteiger partial charge in [0.15, 0.2) is 0 Å². The lowest BCUT2D eigenvalue weighted by Crippen LogP contribution is -2.68. The normalized spacial score (nSPS) is 19.5. The van der Waals surface area contributed by atoms with Gasteiger partial charge in [-0.15, -0.1) is 0 Å². The van der Waals surface area contributed by atoms with Crippen molar-refractivity contribution in [1.82, 2.24) is 20.3 Å². The summed E-state index contributed by atoms with van der Waals surface area (Å²) in [5, 5.41) is 3.33. The van der Waals surface area contributed by atoms with Crippen molar-refractivity contribution in [3.63, 3.8) is 0 Å². The molecule has 4 rings (SSSR count). The summed E-state index contributed by atoms with van der Waals surface area (Å²) < 4.78 is 5.02. The number of aromatic amines is 1. The van der Waals surface area contributed by atoms with Crippen molar-refractivity contribution in [2.45, 2.75) is 32.2 Å². The molecule has 0 amide bonds. The maximum atomic E-state index is 5.02. The lowest BCUT2D eigenvalue weighted by atomic mass is 9.86. The second-order valence-corrected chi connectivity index (χ2v) is 5.30. The highest BCUT2D eigenvalue weighted by molar-refractivity contribution is 5.76. The first-order chi connectivity index (χ1) is 9.22. The van der Waals surface area contributed by atoms with E-state index < -0.39 is 0 Å². The van der Waals surface area contributed by atoms with Crippen molar-refractivity contribution in [2.24, 2.45) is 0 Å². The van der Waals surface area contributed by atoms with Gasteiger partial charge < -0.3 is 15.0 Å². The third kappa shape index (κ3) is 2.35. The van der Waals surface area contributed by atoms with Crippen molar-refractivity contribution < 1.29 is 4.74 Å². The largest absolute Gasteiger partial charge is 0.377 e. The summed E-state index contributed by atoms with van der Waals surface area (Å²) in [5.74, 6) is 0. The van der Waals surface area contributed by atoms with Crippen LogP contribution in [0.3, 0.4) is 0 Å². The molecule has 2 aromatic heterocycles. The molecule has 2 aliphatic rings. The Morgan fingerprint density at radius 2 is 2.21 bits per heavy atom. The fraction of sp³-hybridized carbons (Fsp3) is 0.571. The van der Waals surface area contributed by atoms with Gasteiger partial charge in [0.25, 0.3) is 0 Å². The number of hydrogen-bond acceptors (Lipinski definition) is 4. The molecule has 2 saturated heterocycles. The van der Waals surface area contributed by atoms with E-state index in [1.165, 1.54) is 13.0 Å². The van der Waals surface area contributed by atoms with Gasteiger partial charge in [0, 0.05) is 5.69 Å². The molecule has 1 spiro atoms. The van der Waals surface area contributed by atoms with E-state index in [-0.39, 0.29) is 0 Å². The first-order valence-electron chi connectivity index (χ1n) is 6.85. The number of H-pyrrole nitrogens is 1. The molecule has 4 heterocycles. The Kier molecular flexibility index (Phi) is 3.24. The molecule has 2 aliphatic heterocycles. The van der Waals surface area contributed by atoms with Crippen LogP contribution in [0.2, 0.25) is 0 Å². The third-order valence-electron chi connectivity index (χ3n) is 3.86. The van der Waals surface area contributed by atoms with Crippen LogP contribution >= 0.6 is 0 Å². The zero-order valence-corrected chi connectivity index (χ0v) is 11.5. The quantitative estimate of drug-likeness (QED) is 0.817. The Hall–Kier alpha value is -1.46. The molecule has 19 heavy (non-hydrogen) atoms. The zero-order valence-electron chi connectivity index (χ0n) is 11.5. The third-order valence-corrected chi connectivity index (χ3v) is 3.86. The van der Waals surface area contributed by atoms with Gasteiger partial charge in [0.1, 0.15) is 5.52 Å². The van der Waals surface area contributed by atoms with Crippen LogP contribution in [0.1, 0.15) is 24.7 Å². The second kappa shape index (κ2) is 4.90. The summed E-state index contributed by atoms with van der Waals surface area (Å²) in [4.78, 5) is 11.7. The van der Waals surface area contributed by atoms with E-state index in [1.54, 1.807) is 6.33 Å². The number of fused-ring (bicyclic) bond motifs is 1. The highest BCUT2D eigenvalue weighted by atomic mass is 16.5. The molecule has 2 fully saturated rings. The minimum absolute atomic E-state index is 0.472. The van der Waals surface area contributed by atoms with Crippen molar-refractivity contribution in [3.05, 3.63) is 23.8 Å². The Morgan fingerprint density at radius 1 is 1.42 bits per heavy atom. The fourth-order valence-electron chi connectivity index (χ4n) is 2.42. The van der Waals surface area contributed by atoms with E-state index in [0.29, 0.717) is 5.54 Å². The molecule has 2 aromatic rings. The highest BCUT2D eigenvalue weighted by Crippen LogP contribution is 2.26. The number of ether oxygens (including phenoxy) is 1. The van der Waals surface area contributed by atoms with Crippen LogP contribution in [0.25, 0.3) is 11.0 Å². The monoisotopic (exact) mass is 260 g/mol. The molecule has 5 heteroatoms. The average molecular weight is 260 g/mol. The first-order valence-corrected chi connectivity index (χ1v) is 6.85. The molecule has 0 bridgehead atoms. The van der Waals surface area contributed by atoms with E-state index in [4.69, 9.17) is 4.74 Å². The Morgan fingerprint density at radius 3 is 2.68 bits per heavy atom. The predicted molar refractivity (Wildman–Crippen MR) is 74.2 cm³/mol. The maximum Gasteiger partial charge on any atom is 0.109 e. The van der Waals surface area contributed by atoms with Crippen LogP contribution in [0.4, 0.5) is 0 Å². The average Bonchev–Trinajstić information content (AvgIpc) is 2.74. The highest BCUT2D eigenvalue weighted by Gasteiger charge is 2.43. The lowest BCUT2D eigenvalue weighted by Gasteiger charge is -2.49. The minimum atomic E-state index is 0.472. The van der Waals surface area contributed by atoms with Gasteiger partial charge in [-0.2, -0.15) is 0 Å². The van der Waals surface area contributed by atoms with Crippen LogP contribution in [0.15, 0.2) is 12.4 Å². The SMILES string of the molecule is C1CC2(COC2)N1.CCc1cc2[nH]cnc2c(C)n1. The maximum absolute atomic E-state index is 5.02. The van der Waals surface area contributed by atoms with Crippen LogP contribution in [0.5, 0.6) is 0 Å². The number of aromatic nitrogens is 3. The number of nitrogens with one attached hydrogen (secondary N) is 2. The molecule has 0 aromatic carbocycles. The molecular formula is C14H20N4O. The molecular weight excluding hydrogens is 240 g/mol. The molecule has 2 N–H and O–H groups in total. The summed E-state index contributed by atoms with van der Waals surface area (Å²) in [7, 11) is 0. The summed E-state index contributed by atoms with van der Waals surface area (Å²) in [5.41, 5.74) is 4.65. The number of imidazole rings is 1. The smallest absolute Gasteiger partial charge is 0.109 e.